The molecule has 0 aliphatic heterocycles. The Kier molecular flexibility index (Phi) is 5.92. The molecule has 3 rings (SSSR count). The standard InChI is InChI=1S/C18H14N4O5S/c23-16(11-27-15-3-1-2-14(10-15)22(25)26)20-13-6-4-12(5-7-13)17(24)21-18-19-8-9-28-18/h1-10H,11H2,(H,20,23)(H,19,21,24). The van der Waals surface area contributed by atoms with Crippen LogP contribution in [0.1, 0.15) is 10.4 Å². The van der Waals surface area contributed by atoms with Gasteiger partial charge in [0.15, 0.2) is 11.7 Å². The molecule has 2 N–H and O–H groups in total. The fourth-order valence-electron chi connectivity index (χ4n) is 2.19. The lowest BCUT2D eigenvalue weighted by atomic mass is 10.2. The van der Waals surface area contributed by atoms with Gasteiger partial charge < -0.3 is 10.1 Å². The first-order valence-corrected chi connectivity index (χ1v) is 8.87. The van der Waals surface area contributed by atoms with Crippen molar-refractivity contribution in [3.05, 3.63) is 75.8 Å². The molecule has 0 aliphatic carbocycles. The molecule has 9 nitrogen and oxygen atoms in total. The van der Waals surface area contributed by atoms with Crippen molar-refractivity contribution in [2.45, 2.75) is 0 Å². The van der Waals surface area contributed by atoms with Gasteiger partial charge in [-0.25, -0.2) is 4.98 Å². The van der Waals surface area contributed by atoms with Crippen molar-refractivity contribution in [1.82, 2.24) is 4.98 Å². The maximum atomic E-state index is 12.1. The predicted octanol–water partition coefficient (Wildman–Crippen LogP) is 3.32. The minimum absolute atomic E-state index is 0.121. The minimum Gasteiger partial charge on any atom is -0.484 e. The van der Waals surface area contributed by atoms with Crippen LogP contribution in [0.5, 0.6) is 5.75 Å². The first-order chi connectivity index (χ1) is 13.5. The van der Waals surface area contributed by atoms with E-state index in [9.17, 15) is 19.7 Å². The largest absolute Gasteiger partial charge is 0.484 e. The lowest BCUT2D eigenvalue weighted by Crippen LogP contribution is -2.20. The lowest BCUT2D eigenvalue weighted by molar-refractivity contribution is -0.384. The minimum atomic E-state index is -0.543. The maximum absolute atomic E-state index is 12.1. The molecule has 1 aromatic heterocycles. The van der Waals surface area contributed by atoms with E-state index >= 15 is 0 Å². The number of amides is 2. The first-order valence-electron chi connectivity index (χ1n) is 7.99. The van der Waals surface area contributed by atoms with Gasteiger partial charge in [0, 0.05) is 28.9 Å². The van der Waals surface area contributed by atoms with Gasteiger partial charge in [0.05, 0.1) is 11.0 Å². The van der Waals surface area contributed by atoms with Gasteiger partial charge in [-0.1, -0.05) is 6.07 Å². The third-order valence-electron chi connectivity index (χ3n) is 3.48. The van der Waals surface area contributed by atoms with Gasteiger partial charge in [-0.15, -0.1) is 11.3 Å². The van der Waals surface area contributed by atoms with Gasteiger partial charge >= 0.3 is 0 Å². The third kappa shape index (κ3) is 5.11. The smallest absolute Gasteiger partial charge is 0.273 e. The monoisotopic (exact) mass is 398 g/mol. The Morgan fingerprint density at radius 2 is 1.93 bits per heavy atom. The normalized spacial score (nSPS) is 10.1. The van der Waals surface area contributed by atoms with E-state index in [0.29, 0.717) is 16.4 Å². The van der Waals surface area contributed by atoms with Crippen LogP contribution in [0.4, 0.5) is 16.5 Å². The number of benzene rings is 2. The summed E-state index contributed by atoms with van der Waals surface area (Å²) in [7, 11) is 0. The summed E-state index contributed by atoms with van der Waals surface area (Å²) in [6.07, 6.45) is 1.59. The number of nitrogens with one attached hydrogen (secondary N) is 2. The second kappa shape index (κ2) is 8.73. The molecule has 0 aliphatic rings. The maximum Gasteiger partial charge on any atom is 0.273 e. The second-order valence-electron chi connectivity index (χ2n) is 5.46. The van der Waals surface area contributed by atoms with E-state index in [-0.39, 0.29) is 24.0 Å². The summed E-state index contributed by atoms with van der Waals surface area (Å²) in [6.45, 7) is -0.312. The molecular formula is C18H14N4O5S. The van der Waals surface area contributed by atoms with E-state index < -0.39 is 10.8 Å². The molecule has 0 atom stereocenters. The number of rotatable bonds is 7. The second-order valence-corrected chi connectivity index (χ2v) is 6.35. The number of carbonyl (C=O) groups excluding carboxylic acids is 2. The Balaban J connectivity index is 1.52. The number of carbonyl (C=O) groups is 2. The van der Waals surface area contributed by atoms with Crippen molar-refractivity contribution >= 4 is 39.7 Å². The van der Waals surface area contributed by atoms with Crippen molar-refractivity contribution in [1.29, 1.82) is 0 Å². The van der Waals surface area contributed by atoms with Crippen molar-refractivity contribution in [2.24, 2.45) is 0 Å². The van der Waals surface area contributed by atoms with E-state index in [1.54, 1.807) is 35.8 Å². The Labute approximate surface area is 163 Å². The Morgan fingerprint density at radius 3 is 2.61 bits per heavy atom. The summed E-state index contributed by atoms with van der Waals surface area (Å²) in [5.74, 6) is -0.521. The van der Waals surface area contributed by atoms with Gasteiger partial charge in [-0.05, 0) is 30.3 Å². The molecule has 142 valence electrons. The van der Waals surface area contributed by atoms with E-state index in [0.717, 1.165) is 0 Å². The number of nitrogens with zero attached hydrogens (tertiary/aromatic N) is 2. The van der Waals surface area contributed by atoms with Gasteiger partial charge in [0.2, 0.25) is 0 Å². The molecular weight excluding hydrogens is 384 g/mol. The molecule has 28 heavy (non-hydrogen) atoms. The Bertz CT molecular complexity index is 989. The molecule has 2 aromatic carbocycles. The zero-order chi connectivity index (χ0) is 19.9. The van der Waals surface area contributed by atoms with E-state index in [1.807, 2.05) is 0 Å². The number of nitro benzene ring substituents is 1. The van der Waals surface area contributed by atoms with Crippen LogP contribution in [0, 0.1) is 10.1 Å². The van der Waals surface area contributed by atoms with E-state index in [1.165, 1.54) is 35.6 Å². The molecule has 0 radical (unpaired) electrons. The van der Waals surface area contributed by atoms with Crippen LogP contribution in [0.15, 0.2) is 60.1 Å². The van der Waals surface area contributed by atoms with E-state index in [4.69, 9.17) is 4.74 Å². The quantitative estimate of drug-likeness (QED) is 0.465. The Hall–Kier alpha value is -3.79. The van der Waals surface area contributed by atoms with E-state index in [2.05, 4.69) is 15.6 Å². The number of ether oxygens (including phenoxy) is 1. The summed E-state index contributed by atoms with van der Waals surface area (Å²) >= 11 is 1.31. The zero-order valence-electron chi connectivity index (χ0n) is 14.3. The molecule has 1 heterocycles. The SMILES string of the molecule is O=C(COc1cccc([N+](=O)[O-])c1)Nc1ccc(C(=O)Nc2nccs2)cc1. The predicted molar refractivity (Wildman–Crippen MR) is 104 cm³/mol. The summed E-state index contributed by atoms with van der Waals surface area (Å²) in [6, 6.07) is 11.9. The molecule has 3 aromatic rings. The molecule has 0 saturated heterocycles. The van der Waals surface area contributed by atoms with Crippen LogP contribution in [-0.4, -0.2) is 28.3 Å². The number of hydrogen-bond donors (Lipinski definition) is 2. The highest BCUT2D eigenvalue weighted by Crippen LogP contribution is 2.19. The highest BCUT2D eigenvalue weighted by molar-refractivity contribution is 7.13. The van der Waals surface area contributed by atoms with Crippen LogP contribution >= 0.6 is 11.3 Å². The number of non-ortho nitro benzene ring substituents is 1. The fraction of sp³-hybridized carbons (Fsp3) is 0.0556. The van der Waals surface area contributed by atoms with Crippen LogP contribution in [0.2, 0.25) is 0 Å². The number of nitro groups is 1. The fourth-order valence-corrected chi connectivity index (χ4v) is 2.72. The summed E-state index contributed by atoms with van der Waals surface area (Å²) in [4.78, 5) is 38.2. The number of aromatic nitrogens is 1. The average molecular weight is 398 g/mol. The van der Waals surface area contributed by atoms with Gasteiger partial charge in [0.25, 0.3) is 17.5 Å². The molecule has 2 amide bonds. The third-order valence-corrected chi connectivity index (χ3v) is 4.17. The van der Waals surface area contributed by atoms with Crippen LogP contribution in [0.3, 0.4) is 0 Å². The number of hydrogen-bond acceptors (Lipinski definition) is 7. The first kappa shape index (κ1) is 19.0. The Morgan fingerprint density at radius 1 is 1.14 bits per heavy atom. The summed E-state index contributed by atoms with van der Waals surface area (Å²) in [5, 5.41) is 18.3. The summed E-state index contributed by atoms with van der Waals surface area (Å²) < 4.78 is 5.27. The molecule has 0 bridgehead atoms. The molecule has 10 heteroatoms. The molecule has 0 spiro atoms. The van der Waals surface area contributed by atoms with Crippen LogP contribution < -0.4 is 15.4 Å². The van der Waals surface area contributed by atoms with Crippen molar-refractivity contribution in [2.75, 3.05) is 17.2 Å². The van der Waals surface area contributed by atoms with Crippen LogP contribution in [-0.2, 0) is 4.79 Å². The summed E-state index contributed by atoms with van der Waals surface area (Å²) in [5.41, 5.74) is 0.781. The van der Waals surface area contributed by atoms with Gasteiger partial charge in [-0.3, -0.25) is 25.0 Å². The lowest BCUT2D eigenvalue weighted by Gasteiger charge is -2.08. The number of anilines is 2. The zero-order valence-corrected chi connectivity index (χ0v) is 15.1. The topological polar surface area (TPSA) is 123 Å². The van der Waals surface area contributed by atoms with Crippen molar-refractivity contribution in [3.63, 3.8) is 0 Å². The molecule has 0 saturated carbocycles. The van der Waals surface area contributed by atoms with Gasteiger partial charge in [-0.2, -0.15) is 0 Å². The highest BCUT2D eigenvalue weighted by atomic mass is 32.1. The van der Waals surface area contributed by atoms with Crippen molar-refractivity contribution in [3.8, 4) is 5.75 Å². The van der Waals surface area contributed by atoms with Crippen molar-refractivity contribution < 1.29 is 19.2 Å². The van der Waals surface area contributed by atoms with Crippen LogP contribution in [0.25, 0.3) is 0 Å². The highest BCUT2D eigenvalue weighted by Gasteiger charge is 2.10. The average Bonchev–Trinajstić information content (AvgIpc) is 3.20. The molecule has 0 fully saturated rings. The van der Waals surface area contributed by atoms with Gasteiger partial charge in [0.1, 0.15) is 5.75 Å². The number of thiazole rings is 1. The molecule has 0 unspecified atom stereocenters.